The Bertz CT molecular complexity index is 762. The van der Waals surface area contributed by atoms with E-state index in [-0.39, 0.29) is 30.4 Å². The van der Waals surface area contributed by atoms with Crippen LogP contribution in [0.4, 0.5) is 13.6 Å². The van der Waals surface area contributed by atoms with Crippen LogP contribution in [0, 0.1) is 11.6 Å². The summed E-state index contributed by atoms with van der Waals surface area (Å²) in [6, 6.07) is 1.59. The molecule has 2 amide bonds. The minimum absolute atomic E-state index is 0.00763. The van der Waals surface area contributed by atoms with Crippen LogP contribution >= 0.6 is 0 Å². The number of nitrogens with one attached hydrogen (secondary N) is 1. The van der Waals surface area contributed by atoms with Crippen molar-refractivity contribution in [3.05, 3.63) is 46.7 Å². The molecule has 1 fully saturated rings. The van der Waals surface area contributed by atoms with Gasteiger partial charge in [-0.2, -0.15) is 0 Å². The molecule has 1 aliphatic heterocycles. The van der Waals surface area contributed by atoms with Gasteiger partial charge in [0, 0.05) is 30.5 Å². The summed E-state index contributed by atoms with van der Waals surface area (Å²) < 4.78 is 37.6. The third-order valence-electron chi connectivity index (χ3n) is 4.45. The Morgan fingerprint density at radius 2 is 2.04 bits per heavy atom. The molecule has 1 atom stereocenters. The normalized spacial score (nSPS) is 20.2. The number of urea groups is 1. The Kier molecular flexibility index (Phi) is 5.22. The molecule has 0 radical (unpaired) electrons. The van der Waals surface area contributed by atoms with Crippen molar-refractivity contribution >= 4 is 12.0 Å². The first-order chi connectivity index (χ1) is 12.4. The highest BCUT2D eigenvalue weighted by Crippen LogP contribution is 2.38. The van der Waals surface area contributed by atoms with E-state index in [4.69, 9.17) is 9.47 Å². The van der Waals surface area contributed by atoms with Crippen LogP contribution in [0.1, 0.15) is 31.4 Å². The number of allylic oxidation sites excluding steroid dienone is 1. The van der Waals surface area contributed by atoms with Gasteiger partial charge in [0.1, 0.15) is 18.2 Å². The predicted octanol–water partition coefficient (Wildman–Crippen LogP) is 2.66. The van der Waals surface area contributed by atoms with Crippen LogP contribution in [0.2, 0.25) is 0 Å². The van der Waals surface area contributed by atoms with E-state index in [1.54, 1.807) is 6.92 Å². The lowest BCUT2D eigenvalue weighted by atomic mass is 9.94. The minimum Gasteiger partial charge on any atom is -0.460 e. The zero-order chi connectivity index (χ0) is 18.8. The maximum absolute atomic E-state index is 14.3. The fourth-order valence-electron chi connectivity index (χ4n) is 3.06. The van der Waals surface area contributed by atoms with Crippen molar-refractivity contribution in [3.8, 4) is 0 Å². The van der Waals surface area contributed by atoms with Crippen molar-refractivity contribution in [1.29, 1.82) is 0 Å². The number of methoxy groups -OCH3 is 1. The summed E-state index contributed by atoms with van der Waals surface area (Å²) in [5.41, 5.74) is 0.568. The number of esters is 1. The molecule has 8 heteroatoms. The Hall–Kier alpha value is -2.48. The molecule has 0 unspecified atom stereocenters. The number of hydrogen-bond acceptors (Lipinski definition) is 4. The lowest BCUT2D eigenvalue weighted by molar-refractivity contribution is -0.140. The first-order valence-electron chi connectivity index (χ1n) is 8.35. The average molecular weight is 366 g/mol. The van der Waals surface area contributed by atoms with Gasteiger partial charge in [-0.3, -0.25) is 4.90 Å². The zero-order valence-corrected chi connectivity index (χ0v) is 14.6. The molecule has 3 rings (SSSR count). The van der Waals surface area contributed by atoms with Gasteiger partial charge < -0.3 is 14.8 Å². The highest BCUT2D eigenvalue weighted by molar-refractivity contribution is 5.95. The summed E-state index contributed by atoms with van der Waals surface area (Å²) in [7, 11) is 1.48. The van der Waals surface area contributed by atoms with Crippen LogP contribution in [-0.4, -0.2) is 43.3 Å². The molecule has 26 heavy (non-hydrogen) atoms. The molecule has 2 aliphatic rings. The summed E-state index contributed by atoms with van der Waals surface area (Å²) >= 11 is 0. The quantitative estimate of drug-likeness (QED) is 0.621. The van der Waals surface area contributed by atoms with E-state index in [9.17, 15) is 18.4 Å². The predicted molar refractivity (Wildman–Crippen MR) is 88.0 cm³/mol. The molecule has 1 N–H and O–H groups in total. The molecule has 0 spiro atoms. The van der Waals surface area contributed by atoms with Crippen molar-refractivity contribution < 1.29 is 27.8 Å². The Morgan fingerprint density at radius 1 is 1.31 bits per heavy atom. The third kappa shape index (κ3) is 3.55. The largest absolute Gasteiger partial charge is 0.460 e. The molecule has 6 nitrogen and oxygen atoms in total. The molecular formula is C18H20F2N2O4. The van der Waals surface area contributed by atoms with Crippen molar-refractivity contribution in [2.75, 3.05) is 20.3 Å². The molecular weight excluding hydrogens is 346 g/mol. The third-order valence-corrected chi connectivity index (χ3v) is 4.45. The lowest BCUT2D eigenvalue weighted by Crippen LogP contribution is -2.49. The van der Waals surface area contributed by atoms with Crippen LogP contribution < -0.4 is 5.32 Å². The first kappa shape index (κ1) is 18.3. The van der Waals surface area contributed by atoms with Gasteiger partial charge >= 0.3 is 12.0 Å². The van der Waals surface area contributed by atoms with E-state index < -0.39 is 29.7 Å². The van der Waals surface area contributed by atoms with Crippen molar-refractivity contribution in [1.82, 2.24) is 10.2 Å². The number of ether oxygens (including phenoxy) is 2. The molecule has 0 bridgehead atoms. The highest BCUT2D eigenvalue weighted by atomic mass is 19.1. The van der Waals surface area contributed by atoms with Gasteiger partial charge in [0.25, 0.3) is 0 Å². The van der Waals surface area contributed by atoms with E-state index in [0.29, 0.717) is 5.70 Å². The first-order valence-corrected chi connectivity index (χ1v) is 8.35. The maximum Gasteiger partial charge on any atom is 0.338 e. The van der Waals surface area contributed by atoms with Gasteiger partial charge in [0.15, 0.2) is 0 Å². The van der Waals surface area contributed by atoms with E-state index in [2.05, 4.69) is 5.32 Å². The van der Waals surface area contributed by atoms with E-state index in [0.717, 1.165) is 25.0 Å². The Labute approximate surface area is 149 Å². The smallest absolute Gasteiger partial charge is 0.338 e. The zero-order valence-electron chi connectivity index (χ0n) is 14.6. The van der Waals surface area contributed by atoms with Gasteiger partial charge in [-0.25, -0.2) is 18.4 Å². The van der Waals surface area contributed by atoms with Crippen LogP contribution in [0.5, 0.6) is 0 Å². The van der Waals surface area contributed by atoms with Gasteiger partial charge in [0.2, 0.25) is 0 Å². The number of benzene rings is 1. The summed E-state index contributed by atoms with van der Waals surface area (Å²) in [5.74, 6) is -2.25. The topological polar surface area (TPSA) is 67.9 Å². The number of carbonyl (C=O) groups excluding carboxylic acids is 2. The molecule has 1 aliphatic carbocycles. The van der Waals surface area contributed by atoms with E-state index >= 15 is 0 Å². The molecule has 0 aromatic heterocycles. The SMILES string of the molecule is COCCOC(=O)C1=C(C)N(C2CC2)C(=O)N[C@H]1c1ccc(F)cc1F. The lowest BCUT2D eigenvalue weighted by Gasteiger charge is -2.35. The number of hydrogen-bond donors (Lipinski definition) is 1. The van der Waals surface area contributed by atoms with Crippen LogP contribution in [0.25, 0.3) is 0 Å². The van der Waals surface area contributed by atoms with Gasteiger partial charge in [-0.1, -0.05) is 6.07 Å². The van der Waals surface area contributed by atoms with Gasteiger partial charge in [-0.05, 0) is 25.8 Å². The second-order valence-corrected chi connectivity index (χ2v) is 6.28. The number of halogens is 2. The standard InChI is InChI=1S/C18H20F2N2O4/c1-10-15(17(23)26-8-7-25-2)16(13-6-3-11(19)9-14(13)20)21-18(24)22(10)12-4-5-12/h3,6,9,12,16H,4-5,7-8H2,1-2H3,(H,21,24)/t16-/m0/s1. The Balaban J connectivity index is 2.00. The van der Waals surface area contributed by atoms with Crippen LogP contribution in [-0.2, 0) is 14.3 Å². The minimum atomic E-state index is -1.05. The molecule has 0 saturated heterocycles. The van der Waals surface area contributed by atoms with Gasteiger partial charge in [-0.15, -0.1) is 0 Å². The fraction of sp³-hybridized carbons (Fsp3) is 0.444. The molecule has 1 heterocycles. The monoisotopic (exact) mass is 366 g/mol. The summed E-state index contributed by atoms with van der Waals surface area (Å²) in [5, 5.41) is 2.65. The Morgan fingerprint density at radius 3 is 2.65 bits per heavy atom. The second kappa shape index (κ2) is 7.41. The second-order valence-electron chi connectivity index (χ2n) is 6.28. The number of nitrogens with zero attached hydrogens (tertiary/aromatic N) is 1. The fourth-order valence-corrected chi connectivity index (χ4v) is 3.06. The number of rotatable bonds is 6. The van der Waals surface area contributed by atoms with Crippen LogP contribution in [0.3, 0.4) is 0 Å². The van der Waals surface area contributed by atoms with Gasteiger partial charge in [0.05, 0.1) is 18.2 Å². The number of carbonyl (C=O) groups is 2. The molecule has 1 saturated carbocycles. The average Bonchev–Trinajstić information content (AvgIpc) is 3.39. The molecule has 1 aromatic rings. The van der Waals surface area contributed by atoms with E-state index in [1.165, 1.54) is 18.1 Å². The van der Waals surface area contributed by atoms with E-state index in [1.807, 2.05) is 0 Å². The summed E-state index contributed by atoms with van der Waals surface area (Å²) in [4.78, 5) is 26.6. The van der Waals surface area contributed by atoms with Crippen LogP contribution in [0.15, 0.2) is 29.5 Å². The number of amides is 2. The highest BCUT2D eigenvalue weighted by Gasteiger charge is 2.43. The van der Waals surface area contributed by atoms with Crippen molar-refractivity contribution in [3.63, 3.8) is 0 Å². The van der Waals surface area contributed by atoms with Crippen molar-refractivity contribution in [2.45, 2.75) is 31.8 Å². The molecule has 1 aromatic carbocycles. The molecule has 140 valence electrons. The van der Waals surface area contributed by atoms with Crippen molar-refractivity contribution in [2.24, 2.45) is 0 Å². The summed E-state index contributed by atoms with van der Waals surface area (Å²) in [6.45, 7) is 1.88. The summed E-state index contributed by atoms with van der Waals surface area (Å²) in [6.07, 6.45) is 1.68. The maximum atomic E-state index is 14.3.